The maximum atomic E-state index is 10.6. The Kier molecular flexibility index (Phi) is 3.51. The SMILES string of the molecule is C=CC(=O)ON=C1CCCCC1. The summed E-state index contributed by atoms with van der Waals surface area (Å²) in [5, 5.41) is 3.75. The number of carbonyl (C=O) groups excluding carboxylic acids is 1. The van der Waals surface area contributed by atoms with Gasteiger partial charge >= 0.3 is 5.97 Å². The standard InChI is InChI=1S/C9H13NO2/c1-2-9(11)12-10-8-6-4-3-5-7-8/h2H,1,3-7H2. The predicted octanol–water partition coefficient (Wildman–Crippen LogP) is 2.04. The van der Waals surface area contributed by atoms with Crippen molar-refractivity contribution in [2.24, 2.45) is 5.16 Å². The Morgan fingerprint density at radius 3 is 2.67 bits per heavy atom. The van der Waals surface area contributed by atoms with Crippen molar-refractivity contribution in [3.63, 3.8) is 0 Å². The minimum absolute atomic E-state index is 0.479. The molecular formula is C9H13NO2. The second-order valence-electron chi connectivity index (χ2n) is 2.83. The molecule has 0 radical (unpaired) electrons. The van der Waals surface area contributed by atoms with Crippen LogP contribution in [-0.2, 0) is 9.63 Å². The summed E-state index contributed by atoms with van der Waals surface area (Å²) in [6, 6.07) is 0. The molecule has 0 aliphatic heterocycles. The molecule has 0 amide bonds. The fraction of sp³-hybridized carbons (Fsp3) is 0.556. The quantitative estimate of drug-likeness (QED) is 0.358. The fourth-order valence-electron chi connectivity index (χ4n) is 1.20. The summed E-state index contributed by atoms with van der Waals surface area (Å²) in [5.41, 5.74) is 0.997. The molecule has 0 atom stereocenters. The zero-order valence-electron chi connectivity index (χ0n) is 7.08. The van der Waals surface area contributed by atoms with Crippen molar-refractivity contribution in [1.29, 1.82) is 0 Å². The molecule has 0 aromatic heterocycles. The van der Waals surface area contributed by atoms with Crippen molar-refractivity contribution in [2.45, 2.75) is 32.1 Å². The van der Waals surface area contributed by atoms with Gasteiger partial charge in [0.1, 0.15) is 0 Å². The van der Waals surface area contributed by atoms with Gasteiger partial charge in [0.15, 0.2) is 0 Å². The Hall–Kier alpha value is -1.12. The number of oxime groups is 1. The molecular weight excluding hydrogens is 154 g/mol. The van der Waals surface area contributed by atoms with Gasteiger partial charge in [-0.3, -0.25) is 0 Å². The summed E-state index contributed by atoms with van der Waals surface area (Å²) in [7, 11) is 0. The lowest BCUT2D eigenvalue weighted by molar-refractivity contribution is -0.137. The summed E-state index contributed by atoms with van der Waals surface area (Å²) in [6.45, 7) is 3.28. The molecule has 1 aliphatic rings. The third-order valence-electron chi connectivity index (χ3n) is 1.86. The highest BCUT2D eigenvalue weighted by Gasteiger charge is 2.07. The van der Waals surface area contributed by atoms with E-state index >= 15 is 0 Å². The minimum atomic E-state index is -0.479. The first-order valence-electron chi connectivity index (χ1n) is 4.22. The van der Waals surface area contributed by atoms with Gasteiger partial charge in [-0.05, 0) is 25.7 Å². The summed E-state index contributed by atoms with van der Waals surface area (Å²) >= 11 is 0. The molecule has 1 saturated carbocycles. The van der Waals surface area contributed by atoms with E-state index in [1.165, 1.54) is 6.42 Å². The average Bonchev–Trinajstić information content (AvgIpc) is 2.16. The normalized spacial score (nSPS) is 16.8. The molecule has 0 bridgehead atoms. The van der Waals surface area contributed by atoms with Crippen LogP contribution in [0.3, 0.4) is 0 Å². The number of carbonyl (C=O) groups is 1. The van der Waals surface area contributed by atoms with E-state index in [1.807, 2.05) is 0 Å². The second kappa shape index (κ2) is 4.70. The van der Waals surface area contributed by atoms with Gasteiger partial charge in [-0.1, -0.05) is 18.2 Å². The van der Waals surface area contributed by atoms with Crippen LogP contribution in [0.5, 0.6) is 0 Å². The summed E-state index contributed by atoms with van der Waals surface area (Å²) in [4.78, 5) is 15.2. The number of rotatable bonds is 2. The van der Waals surface area contributed by atoms with Crippen molar-refractivity contribution >= 4 is 11.7 Å². The number of hydrogen-bond acceptors (Lipinski definition) is 3. The van der Waals surface area contributed by atoms with Crippen molar-refractivity contribution in [2.75, 3.05) is 0 Å². The van der Waals surface area contributed by atoms with Crippen LogP contribution in [0.1, 0.15) is 32.1 Å². The van der Waals surface area contributed by atoms with Crippen LogP contribution in [0, 0.1) is 0 Å². The molecule has 66 valence electrons. The molecule has 0 aromatic carbocycles. The Labute approximate surface area is 72.1 Å². The highest BCUT2D eigenvalue weighted by atomic mass is 16.7. The highest BCUT2D eigenvalue weighted by molar-refractivity contribution is 5.86. The van der Waals surface area contributed by atoms with Crippen LogP contribution in [-0.4, -0.2) is 11.7 Å². The summed E-state index contributed by atoms with van der Waals surface area (Å²) < 4.78 is 0. The average molecular weight is 167 g/mol. The molecule has 0 saturated heterocycles. The molecule has 0 heterocycles. The van der Waals surface area contributed by atoms with Crippen molar-refractivity contribution in [3.8, 4) is 0 Å². The van der Waals surface area contributed by atoms with E-state index in [0.717, 1.165) is 37.5 Å². The first-order chi connectivity index (χ1) is 5.83. The molecule has 1 rings (SSSR count). The minimum Gasteiger partial charge on any atom is -0.314 e. The van der Waals surface area contributed by atoms with E-state index in [2.05, 4.69) is 16.6 Å². The lowest BCUT2D eigenvalue weighted by Crippen LogP contribution is -2.06. The van der Waals surface area contributed by atoms with E-state index < -0.39 is 5.97 Å². The molecule has 12 heavy (non-hydrogen) atoms. The molecule has 0 aromatic rings. The predicted molar refractivity (Wildman–Crippen MR) is 46.8 cm³/mol. The van der Waals surface area contributed by atoms with Crippen LogP contribution in [0.2, 0.25) is 0 Å². The van der Waals surface area contributed by atoms with E-state index in [9.17, 15) is 4.79 Å². The molecule has 3 nitrogen and oxygen atoms in total. The van der Waals surface area contributed by atoms with Gasteiger partial charge < -0.3 is 4.84 Å². The first-order valence-corrected chi connectivity index (χ1v) is 4.22. The zero-order chi connectivity index (χ0) is 8.81. The van der Waals surface area contributed by atoms with Crippen LogP contribution in [0.25, 0.3) is 0 Å². The van der Waals surface area contributed by atoms with Gasteiger partial charge in [0.05, 0.1) is 5.71 Å². The van der Waals surface area contributed by atoms with Gasteiger partial charge in [0, 0.05) is 6.08 Å². The summed E-state index contributed by atoms with van der Waals surface area (Å²) in [6.07, 6.45) is 6.62. The first kappa shape index (κ1) is 8.97. The molecule has 3 heteroatoms. The van der Waals surface area contributed by atoms with Gasteiger partial charge in [0.25, 0.3) is 0 Å². The third-order valence-corrected chi connectivity index (χ3v) is 1.86. The smallest absolute Gasteiger partial charge is 0.314 e. The maximum Gasteiger partial charge on any atom is 0.357 e. The fourth-order valence-corrected chi connectivity index (χ4v) is 1.20. The van der Waals surface area contributed by atoms with E-state index in [0.29, 0.717) is 0 Å². The molecule has 0 unspecified atom stereocenters. The Bertz CT molecular complexity index is 201. The molecule has 1 aliphatic carbocycles. The largest absolute Gasteiger partial charge is 0.357 e. The van der Waals surface area contributed by atoms with Gasteiger partial charge in [-0.2, -0.15) is 0 Å². The lowest BCUT2D eigenvalue weighted by Gasteiger charge is -2.10. The van der Waals surface area contributed by atoms with E-state index in [4.69, 9.17) is 0 Å². The van der Waals surface area contributed by atoms with Crippen molar-refractivity contribution in [1.82, 2.24) is 0 Å². The monoisotopic (exact) mass is 167 g/mol. The van der Waals surface area contributed by atoms with Crippen LogP contribution in [0.15, 0.2) is 17.8 Å². The zero-order valence-corrected chi connectivity index (χ0v) is 7.08. The van der Waals surface area contributed by atoms with E-state index in [1.54, 1.807) is 0 Å². The molecule has 0 N–H and O–H groups in total. The number of hydrogen-bond donors (Lipinski definition) is 0. The number of nitrogens with zero attached hydrogens (tertiary/aromatic N) is 1. The Morgan fingerprint density at radius 1 is 1.42 bits per heavy atom. The maximum absolute atomic E-state index is 10.6. The Morgan fingerprint density at radius 2 is 2.08 bits per heavy atom. The van der Waals surface area contributed by atoms with Crippen molar-refractivity contribution < 1.29 is 9.63 Å². The van der Waals surface area contributed by atoms with Crippen molar-refractivity contribution in [3.05, 3.63) is 12.7 Å². The van der Waals surface area contributed by atoms with Crippen LogP contribution in [0.4, 0.5) is 0 Å². The van der Waals surface area contributed by atoms with Gasteiger partial charge in [-0.25, -0.2) is 4.79 Å². The lowest BCUT2D eigenvalue weighted by atomic mass is 9.99. The molecule has 0 spiro atoms. The Balaban J connectivity index is 2.34. The van der Waals surface area contributed by atoms with E-state index in [-0.39, 0.29) is 0 Å². The summed E-state index contributed by atoms with van der Waals surface area (Å²) in [5.74, 6) is -0.479. The highest BCUT2D eigenvalue weighted by Crippen LogP contribution is 2.14. The van der Waals surface area contributed by atoms with Crippen LogP contribution < -0.4 is 0 Å². The van der Waals surface area contributed by atoms with Gasteiger partial charge in [-0.15, -0.1) is 0 Å². The third kappa shape index (κ3) is 2.86. The van der Waals surface area contributed by atoms with Gasteiger partial charge in [0.2, 0.25) is 0 Å². The second-order valence-corrected chi connectivity index (χ2v) is 2.83. The van der Waals surface area contributed by atoms with Crippen LogP contribution >= 0.6 is 0 Å². The topological polar surface area (TPSA) is 38.7 Å². The molecule has 1 fully saturated rings.